The molecule has 0 heterocycles. The Kier molecular flexibility index (Phi) is 7.00. The van der Waals surface area contributed by atoms with Gasteiger partial charge in [0.15, 0.2) is 6.61 Å². The molecule has 5 nitrogen and oxygen atoms in total. The number of amides is 2. The lowest BCUT2D eigenvalue weighted by Crippen LogP contribution is -2.31. The Morgan fingerprint density at radius 3 is 2.24 bits per heavy atom. The molecule has 0 aliphatic heterocycles. The molecule has 5 heteroatoms. The summed E-state index contributed by atoms with van der Waals surface area (Å²) in [7, 11) is 0. The summed E-state index contributed by atoms with van der Waals surface area (Å²) < 4.78 is 5.83. The van der Waals surface area contributed by atoms with Crippen LogP contribution in [-0.4, -0.2) is 25.0 Å². The number of nitrogens with one attached hydrogen (secondary N) is 2. The van der Waals surface area contributed by atoms with Crippen LogP contribution in [0.15, 0.2) is 91.0 Å². The van der Waals surface area contributed by atoms with Crippen LogP contribution >= 0.6 is 0 Å². The topological polar surface area (TPSA) is 67.4 Å². The van der Waals surface area contributed by atoms with Crippen molar-refractivity contribution in [3.05, 3.63) is 108 Å². The van der Waals surface area contributed by atoms with Crippen LogP contribution in [0.1, 0.15) is 21.5 Å². The third-order valence-electron chi connectivity index (χ3n) is 5.42. The van der Waals surface area contributed by atoms with Crippen LogP contribution in [0.3, 0.4) is 0 Å². The summed E-state index contributed by atoms with van der Waals surface area (Å²) in [5, 5.41) is 7.68. The van der Waals surface area contributed by atoms with Crippen molar-refractivity contribution in [2.45, 2.75) is 13.3 Å². The second-order valence-corrected chi connectivity index (χ2v) is 7.84. The lowest BCUT2D eigenvalue weighted by atomic mass is 10.0. The Balaban J connectivity index is 1.46. The first kappa shape index (κ1) is 22.1. The molecule has 2 amide bonds. The lowest BCUT2D eigenvalue weighted by Gasteiger charge is -2.14. The maximum Gasteiger partial charge on any atom is 0.259 e. The van der Waals surface area contributed by atoms with Crippen LogP contribution < -0.4 is 15.4 Å². The predicted molar refractivity (Wildman–Crippen MR) is 132 cm³/mol. The minimum atomic E-state index is -0.283. The van der Waals surface area contributed by atoms with Gasteiger partial charge in [-0.3, -0.25) is 9.59 Å². The number of benzene rings is 4. The SMILES string of the molecule is Cc1ccccc1NC(=O)c1cc2ccccc2cc1OCC(=O)NCCc1ccccc1. The van der Waals surface area contributed by atoms with Crippen LogP contribution in [0.5, 0.6) is 5.75 Å². The molecule has 0 saturated carbocycles. The Morgan fingerprint density at radius 1 is 0.818 bits per heavy atom. The number of carbonyl (C=O) groups excluding carboxylic acids is 2. The normalized spacial score (nSPS) is 10.6. The molecule has 0 aliphatic carbocycles. The maximum atomic E-state index is 13.1. The Hall–Kier alpha value is -4.12. The number of para-hydroxylation sites is 1. The molecule has 4 aromatic carbocycles. The quantitative estimate of drug-likeness (QED) is 0.400. The van der Waals surface area contributed by atoms with E-state index in [-0.39, 0.29) is 18.4 Å². The molecule has 4 rings (SSSR count). The molecule has 0 spiro atoms. The van der Waals surface area contributed by atoms with Gasteiger partial charge in [0, 0.05) is 12.2 Å². The number of ether oxygens (including phenoxy) is 1. The van der Waals surface area contributed by atoms with Gasteiger partial charge in [0.1, 0.15) is 5.75 Å². The molecule has 0 bridgehead atoms. The maximum absolute atomic E-state index is 13.1. The van der Waals surface area contributed by atoms with Gasteiger partial charge in [-0.05, 0) is 53.4 Å². The number of aryl methyl sites for hydroxylation is 1. The zero-order valence-corrected chi connectivity index (χ0v) is 18.5. The fourth-order valence-electron chi connectivity index (χ4n) is 3.60. The molecule has 166 valence electrons. The standard InChI is InChI=1S/C28H26N2O3/c1-20-9-5-8-14-25(20)30-28(32)24-17-22-12-6-7-13-23(22)18-26(24)33-19-27(31)29-16-15-21-10-3-2-4-11-21/h2-14,17-18H,15-16,19H2,1H3,(H,29,31)(H,30,32). The number of hydrogen-bond donors (Lipinski definition) is 2. The first-order valence-electron chi connectivity index (χ1n) is 10.9. The summed E-state index contributed by atoms with van der Waals surface area (Å²) in [6.45, 7) is 2.29. The van der Waals surface area contributed by atoms with E-state index < -0.39 is 0 Å². The molecule has 0 saturated heterocycles. The van der Waals surface area contributed by atoms with Crippen molar-refractivity contribution >= 4 is 28.3 Å². The summed E-state index contributed by atoms with van der Waals surface area (Å²) in [4.78, 5) is 25.5. The van der Waals surface area contributed by atoms with Crippen molar-refractivity contribution in [1.82, 2.24) is 5.32 Å². The van der Waals surface area contributed by atoms with E-state index in [0.29, 0.717) is 17.9 Å². The monoisotopic (exact) mass is 438 g/mol. The first-order chi connectivity index (χ1) is 16.1. The predicted octanol–water partition coefficient (Wildman–Crippen LogP) is 5.14. The lowest BCUT2D eigenvalue weighted by molar-refractivity contribution is -0.123. The van der Waals surface area contributed by atoms with Gasteiger partial charge < -0.3 is 15.4 Å². The van der Waals surface area contributed by atoms with Crippen molar-refractivity contribution in [1.29, 1.82) is 0 Å². The molecule has 4 aromatic rings. The van der Waals surface area contributed by atoms with Gasteiger partial charge in [-0.25, -0.2) is 0 Å². The smallest absolute Gasteiger partial charge is 0.259 e. The van der Waals surface area contributed by atoms with E-state index in [0.717, 1.165) is 34.0 Å². The summed E-state index contributed by atoms with van der Waals surface area (Å²) in [6.07, 6.45) is 0.743. The largest absolute Gasteiger partial charge is 0.483 e. The van der Waals surface area contributed by atoms with E-state index in [1.807, 2.05) is 85.8 Å². The fourth-order valence-corrected chi connectivity index (χ4v) is 3.60. The number of fused-ring (bicyclic) bond motifs is 1. The number of rotatable bonds is 8. The summed E-state index contributed by atoms with van der Waals surface area (Å²) in [5.74, 6) is -0.142. The third-order valence-corrected chi connectivity index (χ3v) is 5.42. The van der Waals surface area contributed by atoms with Crippen molar-refractivity contribution in [2.24, 2.45) is 0 Å². The van der Waals surface area contributed by atoms with Gasteiger partial charge in [0.05, 0.1) is 5.56 Å². The molecule has 33 heavy (non-hydrogen) atoms. The highest BCUT2D eigenvalue weighted by atomic mass is 16.5. The number of hydrogen-bond acceptors (Lipinski definition) is 3. The van der Waals surface area contributed by atoms with Crippen molar-refractivity contribution in [2.75, 3.05) is 18.5 Å². The van der Waals surface area contributed by atoms with Gasteiger partial charge >= 0.3 is 0 Å². The molecule has 2 N–H and O–H groups in total. The number of carbonyl (C=O) groups is 2. The van der Waals surface area contributed by atoms with E-state index in [1.54, 1.807) is 12.1 Å². The zero-order chi connectivity index (χ0) is 23.0. The molecule has 0 unspecified atom stereocenters. The average Bonchev–Trinajstić information content (AvgIpc) is 2.84. The van der Waals surface area contributed by atoms with Crippen molar-refractivity contribution in [3.63, 3.8) is 0 Å². The van der Waals surface area contributed by atoms with Crippen LogP contribution in [0, 0.1) is 6.92 Å². The van der Waals surface area contributed by atoms with Crippen LogP contribution in [-0.2, 0) is 11.2 Å². The van der Waals surface area contributed by atoms with Crippen LogP contribution in [0.2, 0.25) is 0 Å². The molecular formula is C28H26N2O3. The highest BCUT2D eigenvalue weighted by Gasteiger charge is 2.16. The highest BCUT2D eigenvalue weighted by molar-refractivity contribution is 6.09. The van der Waals surface area contributed by atoms with Crippen molar-refractivity contribution in [3.8, 4) is 5.75 Å². The minimum absolute atomic E-state index is 0.169. The highest BCUT2D eigenvalue weighted by Crippen LogP contribution is 2.27. The Labute approximate surface area is 193 Å². The molecular weight excluding hydrogens is 412 g/mol. The second kappa shape index (κ2) is 10.5. The summed E-state index contributed by atoms with van der Waals surface area (Å²) in [6, 6.07) is 28.9. The van der Waals surface area contributed by atoms with Crippen LogP contribution in [0.4, 0.5) is 5.69 Å². The molecule has 0 fully saturated rings. The van der Waals surface area contributed by atoms with E-state index in [9.17, 15) is 9.59 Å². The van der Waals surface area contributed by atoms with Gasteiger partial charge in [-0.2, -0.15) is 0 Å². The third kappa shape index (κ3) is 5.77. The first-order valence-corrected chi connectivity index (χ1v) is 10.9. The van der Waals surface area contributed by atoms with Crippen LogP contribution in [0.25, 0.3) is 10.8 Å². The zero-order valence-electron chi connectivity index (χ0n) is 18.5. The Morgan fingerprint density at radius 2 is 1.48 bits per heavy atom. The Bertz CT molecular complexity index is 1270. The van der Waals surface area contributed by atoms with Gasteiger partial charge in [-0.1, -0.05) is 72.8 Å². The van der Waals surface area contributed by atoms with E-state index in [1.165, 1.54) is 0 Å². The summed E-state index contributed by atoms with van der Waals surface area (Å²) in [5.41, 5.74) is 3.24. The molecule has 0 aliphatic rings. The molecule has 0 atom stereocenters. The number of anilines is 1. The van der Waals surface area contributed by atoms with E-state index in [4.69, 9.17) is 4.74 Å². The van der Waals surface area contributed by atoms with Gasteiger partial charge in [-0.15, -0.1) is 0 Å². The van der Waals surface area contributed by atoms with Crippen molar-refractivity contribution < 1.29 is 14.3 Å². The second-order valence-electron chi connectivity index (χ2n) is 7.84. The van der Waals surface area contributed by atoms with Gasteiger partial charge in [0.2, 0.25) is 0 Å². The van der Waals surface area contributed by atoms with E-state index >= 15 is 0 Å². The summed E-state index contributed by atoms with van der Waals surface area (Å²) >= 11 is 0. The van der Waals surface area contributed by atoms with Gasteiger partial charge in [0.25, 0.3) is 11.8 Å². The molecule has 0 aromatic heterocycles. The van der Waals surface area contributed by atoms with E-state index in [2.05, 4.69) is 10.6 Å². The average molecular weight is 439 g/mol. The molecule has 0 radical (unpaired) electrons. The fraction of sp³-hybridized carbons (Fsp3) is 0.143. The minimum Gasteiger partial charge on any atom is -0.483 e.